The number of nitrogens with two attached hydrogens (primary N) is 1. The summed E-state index contributed by atoms with van der Waals surface area (Å²) in [6.45, 7) is 0.0249. The summed E-state index contributed by atoms with van der Waals surface area (Å²) in [5, 5.41) is 7.99. The van der Waals surface area contributed by atoms with E-state index in [9.17, 15) is 18.8 Å². The predicted octanol–water partition coefficient (Wildman–Crippen LogP) is 0.515. The summed E-state index contributed by atoms with van der Waals surface area (Å²) >= 11 is 0. The Bertz CT molecular complexity index is 1040. The highest BCUT2D eigenvalue weighted by atomic mass is 19.1. The van der Waals surface area contributed by atoms with Crippen LogP contribution < -0.4 is 26.4 Å². The molecule has 0 saturated carbocycles. The van der Waals surface area contributed by atoms with Gasteiger partial charge in [0, 0.05) is 12.6 Å². The molecule has 0 saturated heterocycles. The van der Waals surface area contributed by atoms with Gasteiger partial charge in [0.15, 0.2) is 5.54 Å². The molecule has 1 atom stereocenters. The lowest BCUT2D eigenvalue weighted by Gasteiger charge is -2.28. The van der Waals surface area contributed by atoms with Crippen molar-refractivity contribution >= 4 is 29.1 Å². The van der Waals surface area contributed by atoms with E-state index in [1.165, 1.54) is 56.6 Å². The van der Waals surface area contributed by atoms with Crippen LogP contribution in [-0.4, -0.2) is 44.3 Å². The maximum absolute atomic E-state index is 13.1. The fourth-order valence-electron chi connectivity index (χ4n) is 3.21. The van der Waals surface area contributed by atoms with Gasteiger partial charge in [0.2, 0.25) is 5.91 Å². The summed E-state index contributed by atoms with van der Waals surface area (Å²) in [5.74, 6) is -2.06. The molecule has 0 radical (unpaired) electrons. The van der Waals surface area contributed by atoms with Crippen molar-refractivity contribution in [1.29, 1.82) is 0 Å². The summed E-state index contributed by atoms with van der Waals surface area (Å²) in [5.41, 5.74) is 4.82. The monoisotopic (exact) mass is 413 g/mol. The van der Waals surface area contributed by atoms with Crippen LogP contribution in [0.25, 0.3) is 0 Å². The third kappa shape index (κ3) is 3.60. The number of nitrogens with zero attached hydrogens (tertiary/aromatic N) is 1. The molecule has 156 valence electrons. The van der Waals surface area contributed by atoms with Crippen molar-refractivity contribution in [3.63, 3.8) is 0 Å². The molecule has 3 rings (SSSR count). The molecule has 1 unspecified atom stereocenters. The van der Waals surface area contributed by atoms with Crippen LogP contribution >= 0.6 is 0 Å². The minimum absolute atomic E-state index is 0.0249. The first-order valence-electron chi connectivity index (χ1n) is 8.91. The number of amides is 3. The fourth-order valence-corrected chi connectivity index (χ4v) is 3.21. The standard InChI is InChI=1S/C20H20FN5O4/c1-23-18(28)16-20(19(22)29,25-10-24-16)12-5-8-14(15(9-12)30-2)26-17(27)11-3-6-13(21)7-4-11/h3-9,25H,10H2,1-2H3,(H2,22,29)(H,23,28)(H,26,27). The number of methoxy groups -OCH3 is 1. The van der Waals surface area contributed by atoms with Gasteiger partial charge >= 0.3 is 0 Å². The molecule has 1 aliphatic rings. The molecule has 3 amide bonds. The van der Waals surface area contributed by atoms with Gasteiger partial charge in [0.25, 0.3) is 11.8 Å². The third-order valence-electron chi connectivity index (χ3n) is 4.74. The van der Waals surface area contributed by atoms with Gasteiger partial charge in [-0.1, -0.05) is 6.07 Å². The Morgan fingerprint density at radius 2 is 1.87 bits per heavy atom. The van der Waals surface area contributed by atoms with Crippen molar-refractivity contribution in [2.45, 2.75) is 5.54 Å². The lowest BCUT2D eigenvalue weighted by Crippen LogP contribution is -2.58. The third-order valence-corrected chi connectivity index (χ3v) is 4.74. The van der Waals surface area contributed by atoms with Crippen molar-refractivity contribution in [3.8, 4) is 5.75 Å². The molecule has 0 fully saturated rings. The molecule has 0 spiro atoms. The molecule has 1 aliphatic heterocycles. The predicted molar refractivity (Wildman–Crippen MR) is 108 cm³/mol. The Morgan fingerprint density at radius 1 is 1.17 bits per heavy atom. The van der Waals surface area contributed by atoms with Gasteiger partial charge in [-0.3, -0.25) is 24.7 Å². The number of hydrogen-bond donors (Lipinski definition) is 4. The molecule has 10 heteroatoms. The average Bonchev–Trinajstić information content (AvgIpc) is 3.20. The molecular formula is C20H20FN5O4. The fraction of sp³-hybridized carbons (Fsp3) is 0.200. The molecular weight excluding hydrogens is 393 g/mol. The molecule has 1 heterocycles. The van der Waals surface area contributed by atoms with E-state index in [0.717, 1.165) is 0 Å². The second kappa shape index (κ2) is 8.29. The first-order valence-corrected chi connectivity index (χ1v) is 8.91. The van der Waals surface area contributed by atoms with Gasteiger partial charge in [0.05, 0.1) is 19.5 Å². The number of benzene rings is 2. The van der Waals surface area contributed by atoms with E-state index in [2.05, 4.69) is 20.9 Å². The lowest BCUT2D eigenvalue weighted by atomic mass is 9.84. The van der Waals surface area contributed by atoms with E-state index < -0.39 is 29.1 Å². The van der Waals surface area contributed by atoms with Crippen LogP contribution in [0.4, 0.5) is 10.1 Å². The number of carbonyl (C=O) groups excluding carboxylic acids is 3. The van der Waals surface area contributed by atoms with Gasteiger partial charge in [-0.25, -0.2) is 4.39 Å². The Balaban J connectivity index is 1.97. The Labute approximate surface area is 171 Å². The summed E-state index contributed by atoms with van der Waals surface area (Å²) in [7, 11) is 2.81. The number of hydrogen-bond acceptors (Lipinski definition) is 6. The first-order chi connectivity index (χ1) is 14.3. The van der Waals surface area contributed by atoms with Crippen LogP contribution in [0.5, 0.6) is 5.75 Å². The topological polar surface area (TPSA) is 135 Å². The molecule has 0 aliphatic carbocycles. The van der Waals surface area contributed by atoms with E-state index in [-0.39, 0.29) is 23.7 Å². The SMILES string of the molecule is CNC(=O)C1=NCNC1(C(N)=O)c1ccc(NC(=O)c2ccc(F)cc2)c(OC)c1. The van der Waals surface area contributed by atoms with Crippen molar-refractivity contribution < 1.29 is 23.5 Å². The Kier molecular flexibility index (Phi) is 5.79. The van der Waals surface area contributed by atoms with E-state index in [1.807, 2.05) is 0 Å². The summed E-state index contributed by atoms with van der Waals surface area (Å²) in [6.07, 6.45) is 0. The number of rotatable bonds is 6. The highest BCUT2D eigenvalue weighted by Crippen LogP contribution is 2.34. The van der Waals surface area contributed by atoms with Crippen LogP contribution in [0, 0.1) is 5.82 Å². The van der Waals surface area contributed by atoms with Crippen LogP contribution in [0.15, 0.2) is 47.5 Å². The zero-order valence-electron chi connectivity index (χ0n) is 16.3. The number of nitrogens with one attached hydrogen (secondary N) is 3. The molecule has 2 aromatic rings. The molecule has 5 N–H and O–H groups in total. The zero-order valence-corrected chi connectivity index (χ0v) is 16.3. The number of primary amides is 1. The van der Waals surface area contributed by atoms with Gasteiger partial charge in [-0.05, 0) is 42.0 Å². The smallest absolute Gasteiger partial charge is 0.267 e. The second-order valence-electron chi connectivity index (χ2n) is 6.41. The maximum atomic E-state index is 13.1. The number of carbonyl (C=O) groups is 3. The van der Waals surface area contributed by atoms with E-state index in [1.54, 1.807) is 0 Å². The molecule has 30 heavy (non-hydrogen) atoms. The minimum atomic E-state index is -1.65. The molecule has 2 aromatic carbocycles. The van der Waals surface area contributed by atoms with E-state index >= 15 is 0 Å². The number of ether oxygens (including phenoxy) is 1. The van der Waals surface area contributed by atoms with Crippen molar-refractivity contribution in [2.24, 2.45) is 10.7 Å². The minimum Gasteiger partial charge on any atom is -0.495 e. The largest absolute Gasteiger partial charge is 0.495 e. The average molecular weight is 413 g/mol. The second-order valence-corrected chi connectivity index (χ2v) is 6.41. The van der Waals surface area contributed by atoms with Gasteiger partial charge in [-0.15, -0.1) is 0 Å². The zero-order chi connectivity index (χ0) is 21.9. The lowest BCUT2D eigenvalue weighted by molar-refractivity contribution is -0.123. The van der Waals surface area contributed by atoms with E-state index in [4.69, 9.17) is 10.5 Å². The van der Waals surface area contributed by atoms with Crippen LogP contribution in [0.2, 0.25) is 0 Å². The molecule has 0 aromatic heterocycles. The Morgan fingerprint density at radius 3 is 2.47 bits per heavy atom. The summed E-state index contributed by atoms with van der Waals surface area (Å²) < 4.78 is 18.4. The van der Waals surface area contributed by atoms with Crippen molar-refractivity contribution in [2.75, 3.05) is 26.1 Å². The number of halogens is 1. The number of anilines is 1. The maximum Gasteiger partial charge on any atom is 0.267 e. The van der Waals surface area contributed by atoms with Crippen LogP contribution in [-0.2, 0) is 15.1 Å². The quantitative estimate of drug-likeness (QED) is 0.548. The normalized spacial score (nSPS) is 17.8. The molecule has 9 nitrogen and oxygen atoms in total. The number of aliphatic imine (C=N–C) groups is 1. The molecule has 0 bridgehead atoms. The summed E-state index contributed by atoms with van der Waals surface area (Å²) in [4.78, 5) is 41.2. The highest BCUT2D eigenvalue weighted by molar-refractivity contribution is 6.47. The summed E-state index contributed by atoms with van der Waals surface area (Å²) in [6, 6.07) is 9.59. The van der Waals surface area contributed by atoms with Gasteiger partial charge in [0.1, 0.15) is 17.3 Å². The van der Waals surface area contributed by atoms with Crippen LogP contribution in [0.1, 0.15) is 15.9 Å². The van der Waals surface area contributed by atoms with E-state index in [0.29, 0.717) is 11.3 Å². The van der Waals surface area contributed by atoms with Gasteiger partial charge < -0.3 is 21.1 Å². The Hall–Kier alpha value is -3.79. The first kappa shape index (κ1) is 20.9. The van der Waals surface area contributed by atoms with Crippen molar-refractivity contribution in [1.82, 2.24) is 10.6 Å². The van der Waals surface area contributed by atoms with Crippen LogP contribution in [0.3, 0.4) is 0 Å². The highest BCUT2D eigenvalue weighted by Gasteiger charge is 2.49. The van der Waals surface area contributed by atoms with Crippen molar-refractivity contribution in [3.05, 3.63) is 59.4 Å². The van der Waals surface area contributed by atoms with Gasteiger partial charge in [-0.2, -0.15) is 0 Å².